The van der Waals surface area contributed by atoms with Crippen molar-refractivity contribution < 1.29 is 25.2 Å². The Morgan fingerprint density at radius 3 is 2.33 bits per heavy atom. The van der Waals surface area contributed by atoms with Gasteiger partial charge in [-0.25, -0.2) is 0 Å². The van der Waals surface area contributed by atoms with E-state index in [4.69, 9.17) is 21.6 Å². The summed E-state index contributed by atoms with van der Waals surface area (Å²) in [5.41, 5.74) is 2.90. The van der Waals surface area contributed by atoms with E-state index in [1.807, 2.05) is 12.1 Å². The highest BCUT2D eigenvalue weighted by Crippen LogP contribution is 2.34. The summed E-state index contributed by atoms with van der Waals surface area (Å²) < 4.78 is 5.60. The van der Waals surface area contributed by atoms with Gasteiger partial charge in [0.1, 0.15) is 30.5 Å². The molecule has 1 aliphatic rings. The minimum absolute atomic E-state index is 0.479. The molecule has 3 rings (SSSR count). The van der Waals surface area contributed by atoms with Crippen LogP contribution in [0.25, 0.3) is 0 Å². The molecule has 1 saturated heterocycles. The molecule has 2 aromatic rings. The van der Waals surface area contributed by atoms with E-state index in [0.29, 0.717) is 22.6 Å². The van der Waals surface area contributed by atoms with Crippen molar-refractivity contribution in [3.8, 4) is 6.07 Å². The minimum atomic E-state index is -1.43. The van der Waals surface area contributed by atoms with Gasteiger partial charge in [-0.2, -0.15) is 5.26 Å². The average Bonchev–Trinajstić information content (AvgIpc) is 2.69. The van der Waals surface area contributed by atoms with E-state index in [9.17, 15) is 20.4 Å². The van der Waals surface area contributed by atoms with E-state index < -0.39 is 37.1 Å². The van der Waals surface area contributed by atoms with Crippen molar-refractivity contribution in [2.75, 3.05) is 6.61 Å². The third-order valence-corrected chi connectivity index (χ3v) is 5.14. The van der Waals surface area contributed by atoms with E-state index in [1.165, 1.54) is 0 Å². The largest absolute Gasteiger partial charge is 0.394 e. The molecule has 2 aromatic carbocycles. The molecule has 1 fully saturated rings. The van der Waals surface area contributed by atoms with Crippen molar-refractivity contribution in [2.24, 2.45) is 0 Å². The zero-order valence-electron chi connectivity index (χ0n) is 14.4. The highest BCUT2D eigenvalue weighted by molar-refractivity contribution is 6.31. The van der Waals surface area contributed by atoms with Gasteiger partial charge in [-0.1, -0.05) is 35.9 Å². The van der Waals surface area contributed by atoms with Crippen LogP contribution < -0.4 is 0 Å². The second-order valence-corrected chi connectivity index (χ2v) is 6.99. The molecular formula is C20H20ClNO5. The topological polar surface area (TPSA) is 114 Å². The Morgan fingerprint density at radius 1 is 1.00 bits per heavy atom. The van der Waals surface area contributed by atoms with E-state index in [1.54, 1.807) is 30.3 Å². The Hall–Kier alpha value is -1.98. The SMILES string of the molecule is N#Cc1ccc(Cc2cc([C@H]3O[C@H](CO)[C@H](O)[C@H](O)[C@H]3O)ccc2Cl)cc1. The highest BCUT2D eigenvalue weighted by atomic mass is 35.5. The predicted molar refractivity (Wildman–Crippen MR) is 98.1 cm³/mol. The van der Waals surface area contributed by atoms with Crippen LogP contribution in [0.2, 0.25) is 5.02 Å². The van der Waals surface area contributed by atoms with Gasteiger partial charge in [-0.05, 0) is 41.3 Å². The normalized spacial score (nSPS) is 27.9. The number of hydrogen-bond acceptors (Lipinski definition) is 6. The maximum Gasteiger partial charge on any atom is 0.113 e. The van der Waals surface area contributed by atoms with Crippen LogP contribution in [0.15, 0.2) is 42.5 Å². The van der Waals surface area contributed by atoms with Crippen LogP contribution in [-0.2, 0) is 11.2 Å². The van der Waals surface area contributed by atoms with Crippen LogP contribution in [-0.4, -0.2) is 51.4 Å². The van der Waals surface area contributed by atoms with Crippen molar-refractivity contribution in [1.82, 2.24) is 0 Å². The van der Waals surface area contributed by atoms with Gasteiger partial charge >= 0.3 is 0 Å². The molecule has 27 heavy (non-hydrogen) atoms. The van der Waals surface area contributed by atoms with Crippen molar-refractivity contribution in [1.29, 1.82) is 5.26 Å². The van der Waals surface area contributed by atoms with Gasteiger partial charge in [0.25, 0.3) is 0 Å². The van der Waals surface area contributed by atoms with Crippen molar-refractivity contribution >= 4 is 11.6 Å². The summed E-state index contributed by atoms with van der Waals surface area (Å²) in [6, 6.07) is 14.3. The standard InChI is InChI=1S/C20H20ClNO5/c21-15-6-5-13(20-19(26)18(25)17(24)16(10-23)27-20)8-14(15)7-11-1-3-12(9-22)4-2-11/h1-6,8,16-20,23-26H,7,10H2/t16-,17+,18+,19-,20-/m1/s1. The minimum Gasteiger partial charge on any atom is -0.394 e. The fraction of sp³-hybridized carbons (Fsp3) is 0.350. The third kappa shape index (κ3) is 4.14. The van der Waals surface area contributed by atoms with Gasteiger partial charge in [0.2, 0.25) is 0 Å². The Bertz CT molecular complexity index is 833. The third-order valence-electron chi connectivity index (χ3n) is 4.77. The number of ether oxygens (including phenoxy) is 1. The van der Waals surface area contributed by atoms with Crippen molar-refractivity contribution in [3.05, 3.63) is 69.7 Å². The monoisotopic (exact) mass is 389 g/mol. The predicted octanol–water partition coefficient (Wildman–Crippen LogP) is 1.32. The summed E-state index contributed by atoms with van der Waals surface area (Å²) in [5, 5.41) is 49.0. The van der Waals surface area contributed by atoms with Crippen LogP contribution in [0, 0.1) is 11.3 Å². The lowest BCUT2D eigenvalue weighted by Gasteiger charge is -2.40. The molecule has 0 aromatic heterocycles. The van der Waals surface area contributed by atoms with Gasteiger partial charge in [0, 0.05) is 5.02 Å². The lowest BCUT2D eigenvalue weighted by Crippen LogP contribution is -2.55. The molecule has 0 spiro atoms. The lowest BCUT2D eigenvalue weighted by molar-refractivity contribution is -0.231. The van der Waals surface area contributed by atoms with E-state index >= 15 is 0 Å². The number of aliphatic hydroxyl groups is 4. The Labute approximate surface area is 161 Å². The number of nitriles is 1. The van der Waals surface area contributed by atoms with Gasteiger partial charge in [0.05, 0.1) is 18.2 Å². The first-order valence-corrected chi connectivity index (χ1v) is 8.90. The molecule has 1 aliphatic heterocycles. The molecule has 0 bridgehead atoms. The molecule has 142 valence electrons. The summed E-state index contributed by atoms with van der Waals surface area (Å²) in [5.74, 6) is 0. The van der Waals surface area contributed by atoms with Crippen LogP contribution in [0.5, 0.6) is 0 Å². The van der Waals surface area contributed by atoms with Crippen LogP contribution in [0.4, 0.5) is 0 Å². The number of aliphatic hydroxyl groups excluding tert-OH is 4. The summed E-state index contributed by atoms with van der Waals surface area (Å²) in [6.45, 7) is -0.479. The first-order valence-electron chi connectivity index (χ1n) is 8.52. The van der Waals surface area contributed by atoms with Crippen molar-refractivity contribution in [2.45, 2.75) is 36.9 Å². The molecule has 0 saturated carbocycles. The fourth-order valence-corrected chi connectivity index (χ4v) is 3.39. The van der Waals surface area contributed by atoms with Crippen molar-refractivity contribution in [3.63, 3.8) is 0 Å². The zero-order valence-corrected chi connectivity index (χ0v) is 15.1. The highest BCUT2D eigenvalue weighted by Gasteiger charge is 2.43. The van der Waals surface area contributed by atoms with E-state index in [0.717, 1.165) is 11.1 Å². The molecule has 0 amide bonds. The first kappa shape index (κ1) is 19.8. The lowest BCUT2D eigenvalue weighted by atomic mass is 9.90. The zero-order chi connectivity index (χ0) is 19.6. The molecular weight excluding hydrogens is 370 g/mol. The molecule has 7 heteroatoms. The maximum absolute atomic E-state index is 10.3. The summed E-state index contributed by atoms with van der Waals surface area (Å²) in [4.78, 5) is 0. The van der Waals surface area contributed by atoms with Gasteiger partial charge in [0.15, 0.2) is 0 Å². The molecule has 4 N–H and O–H groups in total. The maximum atomic E-state index is 10.3. The average molecular weight is 390 g/mol. The number of hydrogen-bond donors (Lipinski definition) is 4. The van der Waals surface area contributed by atoms with Gasteiger partial charge < -0.3 is 25.2 Å². The number of rotatable bonds is 4. The molecule has 0 radical (unpaired) electrons. The summed E-state index contributed by atoms with van der Waals surface area (Å²) in [7, 11) is 0. The Morgan fingerprint density at radius 2 is 1.70 bits per heavy atom. The number of halogens is 1. The molecule has 0 unspecified atom stereocenters. The van der Waals surface area contributed by atoms with Gasteiger partial charge in [-0.15, -0.1) is 0 Å². The molecule has 5 atom stereocenters. The van der Waals surface area contributed by atoms with Gasteiger partial charge in [-0.3, -0.25) is 0 Å². The second kappa shape index (κ2) is 8.36. The fourth-order valence-electron chi connectivity index (χ4n) is 3.20. The summed E-state index contributed by atoms with van der Waals surface area (Å²) >= 11 is 6.30. The molecule has 0 aliphatic carbocycles. The van der Waals surface area contributed by atoms with E-state index in [-0.39, 0.29) is 0 Å². The Balaban J connectivity index is 1.86. The number of nitrogens with zero attached hydrogens (tertiary/aromatic N) is 1. The van der Waals surface area contributed by atoms with Crippen LogP contribution in [0.3, 0.4) is 0 Å². The second-order valence-electron chi connectivity index (χ2n) is 6.59. The van der Waals surface area contributed by atoms with Crippen LogP contribution in [0.1, 0.15) is 28.4 Å². The Kier molecular flexibility index (Phi) is 6.12. The summed E-state index contributed by atoms with van der Waals surface area (Å²) in [6.07, 6.45) is -5.53. The quantitative estimate of drug-likeness (QED) is 0.627. The number of benzene rings is 2. The smallest absolute Gasteiger partial charge is 0.113 e. The molecule has 1 heterocycles. The first-order chi connectivity index (χ1) is 12.9. The van der Waals surface area contributed by atoms with E-state index in [2.05, 4.69) is 6.07 Å². The van der Waals surface area contributed by atoms with Crippen LogP contribution >= 0.6 is 11.6 Å². The molecule has 6 nitrogen and oxygen atoms in total.